The second-order valence-corrected chi connectivity index (χ2v) is 4.77. The van der Waals surface area contributed by atoms with Gasteiger partial charge in [-0.1, -0.05) is 18.2 Å². The molecule has 0 radical (unpaired) electrons. The van der Waals surface area contributed by atoms with Gasteiger partial charge in [0.05, 0.1) is 26.4 Å². The van der Waals surface area contributed by atoms with Crippen molar-refractivity contribution in [2.45, 2.75) is 6.92 Å². The Morgan fingerprint density at radius 1 is 1.00 bits per heavy atom. The van der Waals surface area contributed by atoms with Gasteiger partial charge in [-0.2, -0.15) is 0 Å². The molecule has 2 aromatic carbocycles. The van der Waals surface area contributed by atoms with Crippen molar-refractivity contribution >= 4 is 11.9 Å². The third kappa shape index (κ3) is 4.36. The van der Waals surface area contributed by atoms with Crippen LogP contribution in [0, 0.1) is 0 Å². The van der Waals surface area contributed by atoms with Crippen molar-refractivity contribution in [3.05, 3.63) is 59.7 Å². The summed E-state index contributed by atoms with van der Waals surface area (Å²) in [5.74, 6) is 1.80. The number of ketones is 1. The van der Waals surface area contributed by atoms with Gasteiger partial charge < -0.3 is 14.2 Å². The predicted molar refractivity (Wildman–Crippen MR) is 90.5 cm³/mol. The maximum absolute atomic E-state index is 12.4. The molecule has 0 aliphatic heterocycles. The molecule has 23 heavy (non-hydrogen) atoms. The Labute approximate surface area is 136 Å². The molecule has 0 unspecified atom stereocenters. The second kappa shape index (κ2) is 8.03. The fourth-order valence-electron chi connectivity index (χ4n) is 2.11. The fraction of sp³-hybridized carbons (Fsp3) is 0.211. The van der Waals surface area contributed by atoms with E-state index in [1.807, 2.05) is 31.2 Å². The molecule has 0 atom stereocenters. The quantitative estimate of drug-likeness (QED) is 0.572. The Morgan fingerprint density at radius 3 is 2.30 bits per heavy atom. The fourth-order valence-corrected chi connectivity index (χ4v) is 2.11. The minimum Gasteiger partial charge on any atom is -0.497 e. The van der Waals surface area contributed by atoms with Crippen LogP contribution in [-0.4, -0.2) is 26.6 Å². The summed E-state index contributed by atoms with van der Waals surface area (Å²) >= 11 is 0. The van der Waals surface area contributed by atoms with Crippen molar-refractivity contribution in [3.63, 3.8) is 0 Å². The van der Waals surface area contributed by atoms with E-state index in [0.29, 0.717) is 23.7 Å². The van der Waals surface area contributed by atoms with Crippen LogP contribution in [0.2, 0.25) is 0 Å². The van der Waals surface area contributed by atoms with Crippen LogP contribution in [0.15, 0.2) is 48.5 Å². The summed E-state index contributed by atoms with van der Waals surface area (Å²) in [7, 11) is 3.10. The zero-order chi connectivity index (χ0) is 16.7. The molecule has 0 aromatic heterocycles. The molecule has 2 aromatic rings. The SMILES string of the molecule is CCOc1ccc(/C=C/C(=O)c2cc(OC)ccc2OC)cc1. The van der Waals surface area contributed by atoms with E-state index < -0.39 is 0 Å². The molecular formula is C19H20O4. The van der Waals surface area contributed by atoms with Gasteiger partial charge >= 0.3 is 0 Å². The number of carbonyl (C=O) groups is 1. The molecule has 0 aliphatic rings. The van der Waals surface area contributed by atoms with E-state index in [9.17, 15) is 4.79 Å². The van der Waals surface area contributed by atoms with Crippen molar-refractivity contribution in [3.8, 4) is 17.2 Å². The lowest BCUT2D eigenvalue weighted by Gasteiger charge is -2.08. The van der Waals surface area contributed by atoms with Crippen LogP contribution in [0.1, 0.15) is 22.8 Å². The first kappa shape index (κ1) is 16.6. The Morgan fingerprint density at radius 2 is 1.70 bits per heavy atom. The standard InChI is InChI=1S/C19H20O4/c1-4-23-15-8-5-14(6-9-15)7-11-18(20)17-13-16(21-2)10-12-19(17)22-3/h5-13H,4H2,1-3H3/b11-7+. The molecule has 4 heteroatoms. The van der Waals surface area contributed by atoms with Crippen LogP contribution in [0.3, 0.4) is 0 Å². The smallest absolute Gasteiger partial charge is 0.189 e. The van der Waals surface area contributed by atoms with E-state index in [1.54, 1.807) is 31.4 Å². The van der Waals surface area contributed by atoms with Crippen LogP contribution in [0.4, 0.5) is 0 Å². The monoisotopic (exact) mass is 312 g/mol. The average molecular weight is 312 g/mol. The van der Waals surface area contributed by atoms with Crippen LogP contribution in [0.25, 0.3) is 6.08 Å². The van der Waals surface area contributed by atoms with Crippen molar-refractivity contribution in [2.75, 3.05) is 20.8 Å². The summed E-state index contributed by atoms with van der Waals surface area (Å²) in [5.41, 5.74) is 1.39. The lowest BCUT2D eigenvalue weighted by molar-refractivity contribution is 0.104. The van der Waals surface area contributed by atoms with Gasteiger partial charge in [-0.3, -0.25) is 4.79 Å². The Balaban J connectivity index is 2.17. The van der Waals surface area contributed by atoms with Gasteiger partial charge in [0.15, 0.2) is 5.78 Å². The molecular weight excluding hydrogens is 292 g/mol. The number of rotatable bonds is 7. The molecule has 0 saturated carbocycles. The van der Waals surface area contributed by atoms with E-state index >= 15 is 0 Å². The summed E-state index contributed by atoms with van der Waals surface area (Å²) in [6.07, 6.45) is 3.28. The van der Waals surface area contributed by atoms with E-state index in [4.69, 9.17) is 14.2 Å². The Hall–Kier alpha value is -2.75. The van der Waals surface area contributed by atoms with Gasteiger partial charge in [-0.25, -0.2) is 0 Å². The molecule has 0 bridgehead atoms. The Bertz CT molecular complexity index is 687. The number of methoxy groups -OCH3 is 2. The molecule has 0 saturated heterocycles. The van der Waals surface area contributed by atoms with Crippen molar-refractivity contribution < 1.29 is 19.0 Å². The molecule has 0 N–H and O–H groups in total. The van der Waals surface area contributed by atoms with Crippen molar-refractivity contribution in [2.24, 2.45) is 0 Å². The molecule has 0 amide bonds. The second-order valence-electron chi connectivity index (χ2n) is 4.77. The van der Waals surface area contributed by atoms with Gasteiger partial charge in [0.1, 0.15) is 17.2 Å². The van der Waals surface area contributed by atoms with E-state index in [-0.39, 0.29) is 5.78 Å². The van der Waals surface area contributed by atoms with Gasteiger partial charge in [0, 0.05) is 0 Å². The van der Waals surface area contributed by atoms with E-state index in [1.165, 1.54) is 13.2 Å². The highest BCUT2D eigenvalue weighted by Gasteiger charge is 2.11. The van der Waals surface area contributed by atoms with Gasteiger partial charge in [-0.15, -0.1) is 0 Å². The zero-order valence-corrected chi connectivity index (χ0v) is 13.5. The lowest BCUT2D eigenvalue weighted by atomic mass is 10.1. The highest BCUT2D eigenvalue weighted by molar-refractivity contribution is 6.08. The van der Waals surface area contributed by atoms with E-state index in [2.05, 4.69) is 0 Å². The lowest BCUT2D eigenvalue weighted by Crippen LogP contribution is -1.99. The molecule has 0 fully saturated rings. The van der Waals surface area contributed by atoms with Crippen molar-refractivity contribution in [1.82, 2.24) is 0 Å². The van der Waals surface area contributed by atoms with Gasteiger partial charge in [-0.05, 0) is 48.9 Å². The number of benzene rings is 2. The highest BCUT2D eigenvalue weighted by Crippen LogP contribution is 2.25. The van der Waals surface area contributed by atoms with Crippen LogP contribution >= 0.6 is 0 Å². The maximum atomic E-state index is 12.4. The topological polar surface area (TPSA) is 44.8 Å². The number of hydrogen-bond donors (Lipinski definition) is 0. The minimum atomic E-state index is -0.144. The number of allylic oxidation sites excluding steroid dienone is 1. The highest BCUT2D eigenvalue weighted by atomic mass is 16.5. The number of ether oxygens (including phenoxy) is 3. The number of carbonyl (C=O) groups excluding carboxylic acids is 1. The molecule has 4 nitrogen and oxygen atoms in total. The summed E-state index contributed by atoms with van der Waals surface area (Å²) in [6, 6.07) is 12.7. The molecule has 0 aliphatic carbocycles. The maximum Gasteiger partial charge on any atom is 0.189 e. The molecule has 2 rings (SSSR count). The first-order valence-electron chi connectivity index (χ1n) is 7.35. The average Bonchev–Trinajstić information content (AvgIpc) is 2.60. The first-order chi connectivity index (χ1) is 11.2. The summed E-state index contributed by atoms with van der Waals surface area (Å²) < 4.78 is 15.8. The number of hydrogen-bond acceptors (Lipinski definition) is 4. The summed E-state index contributed by atoms with van der Waals surface area (Å²) in [6.45, 7) is 2.57. The van der Waals surface area contributed by atoms with E-state index in [0.717, 1.165) is 11.3 Å². The largest absolute Gasteiger partial charge is 0.497 e. The zero-order valence-electron chi connectivity index (χ0n) is 13.5. The van der Waals surface area contributed by atoms with Crippen LogP contribution < -0.4 is 14.2 Å². The normalized spacial score (nSPS) is 10.6. The van der Waals surface area contributed by atoms with Gasteiger partial charge in [0.25, 0.3) is 0 Å². The van der Waals surface area contributed by atoms with Crippen LogP contribution in [0.5, 0.6) is 17.2 Å². The summed E-state index contributed by atoms with van der Waals surface area (Å²) in [5, 5.41) is 0. The molecule has 0 spiro atoms. The third-order valence-electron chi connectivity index (χ3n) is 3.29. The minimum absolute atomic E-state index is 0.144. The predicted octanol–water partition coefficient (Wildman–Crippen LogP) is 4.00. The third-order valence-corrected chi connectivity index (χ3v) is 3.29. The molecule has 0 heterocycles. The summed E-state index contributed by atoms with van der Waals surface area (Å²) in [4.78, 5) is 12.4. The van der Waals surface area contributed by atoms with Gasteiger partial charge in [0.2, 0.25) is 0 Å². The van der Waals surface area contributed by atoms with Crippen molar-refractivity contribution in [1.29, 1.82) is 0 Å². The Kier molecular flexibility index (Phi) is 5.80. The molecule has 120 valence electrons. The first-order valence-corrected chi connectivity index (χ1v) is 7.35. The van der Waals surface area contributed by atoms with Crippen LogP contribution in [-0.2, 0) is 0 Å².